The molecule has 2 N–H and O–H groups in total. The maximum atomic E-state index is 9.91. The summed E-state index contributed by atoms with van der Waals surface area (Å²) < 4.78 is 0. The predicted molar refractivity (Wildman–Crippen MR) is 25.6 cm³/mol. The number of rotatable bonds is 1. The molecule has 1 rings (SSSR count). The van der Waals surface area contributed by atoms with Gasteiger partial charge < -0.3 is 5.73 Å². The molecule has 5 heteroatoms. The second-order valence-electron chi connectivity index (χ2n) is 1.47. The van der Waals surface area contributed by atoms with Crippen LogP contribution in [0, 0.1) is 0 Å². The Morgan fingerprint density at radius 3 is 2.88 bits per heavy atom. The van der Waals surface area contributed by atoms with E-state index in [4.69, 9.17) is 5.73 Å². The van der Waals surface area contributed by atoms with Gasteiger partial charge in [-0.2, -0.15) is 10.1 Å². The highest BCUT2D eigenvalue weighted by atomic mass is 16.1. The van der Waals surface area contributed by atoms with Gasteiger partial charge in [-0.1, -0.05) is 5.22 Å². The van der Waals surface area contributed by atoms with Gasteiger partial charge in [-0.15, -0.1) is 0 Å². The number of nitrogens with zero attached hydrogens (tertiary/aromatic N) is 3. The first kappa shape index (κ1) is 5.17. The molecule has 0 saturated carbocycles. The lowest BCUT2D eigenvalue weighted by Crippen LogP contribution is -2.35. The Morgan fingerprint density at radius 2 is 2.62 bits per heavy atom. The topological polar surface area (TPSA) is 71.0 Å². The van der Waals surface area contributed by atoms with Crippen LogP contribution in [0.4, 0.5) is 0 Å². The van der Waals surface area contributed by atoms with Crippen molar-refractivity contribution < 1.29 is 4.79 Å². The van der Waals surface area contributed by atoms with Gasteiger partial charge >= 0.3 is 0 Å². The molecule has 0 spiro atoms. The Morgan fingerprint density at radius 1 is 1.88 bits per heavy atom. The summed E-state index contributed by atoms with van der Waals surface area (Å²) in [4.78, 5) is 9.91. The van der Waals surface area contributed by atoms with Crippen molar-refractivity contribution in [2.24, 2.45) is 16.1 Å². The van der Waals surface area contributed by atoms with E-state index in [-0.39, 0.29) is 6.17 Å². The molecule has 1 amide bonds. The van der Waals surface area contributed by atoms with E-state index < -0.39 is 0 Å². The van der Waals surface area contributed by atoms with Crippen molar-refractivity contribution in [3.8, 4) is 0 Å². The number of hydrogen-bond acceptors (Lipinski definition) is 4. The second kappa shape index (κ2) is 1.87. The molecule has 0 saturated heterocycles. The van der Waals surface area contributed by atoms with Crippen LogP contribution in [0.2, 0.25) is 0 Å². The lowest BCUT2D eigenvalue weighted by Gasteiger charge is -2.06. The fourth-order valence-corrected chi connectivity index (χ4v) is 0.442. The molecule has 1 aliphatic rings. The van der Waals surface area contributed by atoms with Crippen LogP contribution in [0.15, 0.2) is 10.3 Å². The average molecular weight is 114 g/mol. The molecular formula is C3H6N4O. The first-order valence-corrected chi connectivity index (χ1v) is 2.21. The molecule has 0 radical (unpaired) electrons. The lowest BCUT2D eigenvalue weighted by molar-refractivity contribution is -0.119. The largest absolute Gasteiger partial charge is 0.308 e. The van der Waals surface area contributed by atoms with E-state index in [0.717, 1.165) is 5.01 Å². The van der Waals surface area contributed by atoms with Gasteiger partial charge in [-0.05, 0) is 0 Å². The van der Waals surface area contributed by atoms with Gasteiger partial charge in [-0.25, -0.2) is 0 Å². The van der Waals surface area contributed by atoms with E-state index in [1.54, 1.807) is 0 Å². The van der Waals surface area contributed by atoms with E-state index in [2.05, 4.69) is 10.3 Å². The van der Waals surface area contributed by atoms with Gasteiger partial charge in [0, 0.05) is 0 Å². The average Bonchev–Trinajstić information content (AvgIpc) is 2.14. The fraction of sp³-hybridized carbons (Fsp3) is 0.667. The summed E-state index contributed by atoms with van der Waals surface area (Å²) in [5, 5.41) is 8.00. The smallest absolute Gasteiger partial charge is 0.232 e. The summed E-state index contributed by atoms with van der Waals surface area (Å²) in [6, 6.07) is 0. The Hall–Kier alpha value is -0.970. The predicted octanol–water partition coefficient (Wildman–Crippen LogP) is -0.890. The molecule has 1 atom stereocenters. The maximum absolute atomic E-state index is 9.91. The quantitative estimate of drug-likeness (QED) is 0.449. The first-order valence-electron chi connectivity index (χ1n) is 2.21. The van der Waals surface area contributed by atoms with Crippen molar-refractivity contribution in [2.75, 3.05) is 6.54 Å². The Kier molecular flexibility index (Phi) is 1.21. The minimum absolute atomic E-state index is 0.340. The third kappa shape index (κ3) is 0.671. The zero-order valence-corrected chi connectivity index (χ0v) is 4.19. The zero-order valence-electron chi connectivity index (χ0n) is 4.19. The van der Waals surface area contributed by atoms with Crippen LogP contribution in [-0.4, -0.2) is 24.1 Å². The van der Waals surface area contributed by atoms with E-state index in [1.807, 2.05) is 0 Å². The Bertz CT molecular complexity index is 122. The molecule has 1 unspecified atom stereocenters. The van der Waals surface area contributed by atoms with Crippen molar-refractivity contribution in [3.05, 3.63) is 0 Å². The number of nitrogens with two attached hydrogens (primary N) is 1. The second-order valence-corrected chi connectivity index (χ2v) is 1.47. The number of amides is 1. The molecule has 1 aliphatic heterocycles. The van der Waals surface area contributed by atoms with Crippen molar-refractivity contribution in [1.29, 1.82) is 0 Å². The summed E-state index contributed by atoms with van der Waals surface area (Å²) in [6.45, 7) is 0.415. The summed E-state index contributed by atoms with van der Waals surface area (Å²) >= 11 is 0. The number of carbonyl (C=O) groups excluding carboxylic acids is 1. The zero-order chi connectivity index (χ0) is 5.98. The van der Waals surface area contributed by atoms with E-state index >= 15 is 0 Å². The van der Waals surface area contributed by atoms with Crippen LogP contribution in [0.1, 0.15) is 0 Å². The molecule has 0 fully saturated rings. The molecule has 0 aliphatic carbocycles. The van der Waals surface area contributed by atoms with Crippen LogP contribution < -0.4 is 5.73 Å². The monoisotopic (exact) mass is 114 g/mol. The van der Waals surface area contributed by atoms with Crippen LogP contribution in [0.25, 0.3) is 0 Å². The third-order valence-corrected chi connectivity index (χ3v) is 0.883. The van der Waals surface area contributed by atoms with Gasteiger partial charge in [-0.3, -0.25) is 4.79 Å². The molecular weight excluding hydrogens is 108 g/mol. The molecule has 1 heterocycles. The first-order chi connectivity index (χ1) is 3.84. The fourth-order valence-electron chi connectivity index (χ4n) is 0.442. The molecule has 0 aromatic heterocycles. The van der Waals surface area contributed by atoms with Crippen LogP contribution >= 0.6 is 0 Å². The minimum atomic E-state index is -0.340. The lowest BCUT2D eigenvalue weighted by atomic mass is 10.5. The summed E-state index contributed by atoms with van der Waals surface area (Å²) in [6.07, 6.45) is 0.216. The highest BCUT2D eigenvalue weighted by molar-refractivity contribution is 5.47. The molecule has 0 aromatic carbocycles. The van der Waals surface area contributed by atoms with E-state index in [9.17, 15) is 4.79 Å². The van der Waals surface area contributed by atoms with Crippen LogP contribution in [0.3, 0.4) is 0 Å². The molecule has 8 heavy (non-hydrogen) atoms. The summed E-state index contributed by atoms with van der Waals surface area (Å²) in [7, 11) is 0. The van der Waals surface area contributed by atoms with Gasteiger partial charge in [0.05, 0.1) is 6.54 Å². The number of hydrogen-bond donors (Lipinski definition) is 1. The molecule has 5 nitrogen and oxygen atoms in total. The van der Waals surface area contributed by atoms with Crippen molar-refractivity contribution in [3.63, 3.8) is 0 Å². The molecule has 44 valence electrons. The highest BCUT2D eigenvalue weighted by Crippen LogP contribution is 1.99. The minimum Gasteiger partial charge on any atom is -0.308 e. The van der Waals surface area contributed by atoms with Crippen LogP contribution in [0.5, 0.6) is 0 Å². The van der Waals surface area contributed by atoms with Crippen molar-refractivity contribution >= 4 is 6.41 Å². The Balaban J connectivity index is 2.52. The molecule has 0 bridgehead atoms. The van der Waals surface area contributed by atoms with Crippen LogP contribution in [-0.2, 0) is 4.79 Å². The molecule has 0 aromatic rings. The van der Waals surface area contributed by atoms with E-state index in [1.165, 1.54) is 0 Å². The standard InChI is InChI=1S/C3H6N4O/c4-3-1-5-6-7(3)2-8/h2-3H,1,4H2. The normalized spacial score (nSPS) is 26.6. The maximum Gasteiger partial charge on any atom is 0.232 e. The Labute approximate surface area is 46.1 Å². The summed E-state index contributed by atoms with van der Waals surface area (Å²) in [5.74, 6) is 0. The van der Waals surface area contributed by atoms with Gasteiger partial charge in [0.2, 0.25) is 6.41 Å². The SMILES string of the molecule is NC1CN=NN1C=O. The highest BCUT2D eigenvalue weighted by Gasteiger charge is 2.15. The number of carbonyl (C=O) groups is 1. The van der Waals surface area contributed by atoms with Gasteiger partial charge in [0.1, 0.15) is 6.17 Å². The van der Waals surface area contributed by atoms with Gasteiger partial charge in [0.15, 0.2) is 0 Å². The van der Waals surface area contributed by atoms with Crippen molar-refractivity contribution in [1.82, 2.24) is 5.01 Å². The van der Waals surface area contributed by atoms with Crippen molar-refractivity contribution in [2.45, 2.75) is 6.17 Å². The van der Waals surface area contributed by atoms with Gasteiger partial charge in [0.25, 0.3) is 0 Å². The van der Waals surface area contributed by atoms with E-state index in [0.29, 0.717) is 13.0 Å². The summed E-state index contributed by atoms with van der Waals surface area (Å²) in [5.41, 5.74) is 5.30. The third-order valence-electron chi connectivity index (χ3n) is 0.883.